The third-order valence-corrected chi connectivity index (χ3v) is 4.90. The van der Waals surface area contributed by atoms with Crippen LogP contribution in [0, 0.1) is 20.8 Å². The van der Waals surface area contributed by atoms with Gasteiger partial charge in [-0.1, -0.05) is 17.3 Å². The summed E-state index contributed by atoms with van der Waals surface area (Å²) in [6.45, 7) is 5.51. The second-order valence-corrected chi connectivity index (χ2v) is 6.92. The molecule has 1 amide bonds. The number of aryl methyl sites for hydroxylation is 3. The van der Waals surface area contributed by atoms with Gasteiger partial charge in [0.05, 0.1) is 39.7 Å². The molecular weight excluding hydrogens is 370 g/mol. The van der Waals surface area contributed by atoms with Crippen molar-refractivity contribution in [2.24, 2.45) is 0 Å². The first kappa shape index (κ1) is 17.2. The lowest BCUT2D eigenvalue weighted by atomic mass is 10.1. The predicted molar refractivity (Wildman–Crippen MR) is 108 cm³/mol. The number of hydrogen-bond acceptors (Lipinski definition) is 6. The molecule has 29 heavy (non-hydrogen) atoms. The second-order valence-electron chi connectivity index (χ2n) is 6.92. The number of pyridine rings is 1. The number of furan rings is 1. The molecule has 0 unspecified atom stereocenters. The van der Waals surface area contributed by atoms with Crippen molar-refractivity contribution in [2.75, 3.05) is 5.32 Å². The molecule has 0 saturated heterocycles. The van der Waals surface area contributed by atoms with Crippen LogP contribution in [-0.4, -0.2) is 26.2 Å². The minimum Gasteiger partial charge on any atom is -0.466 e. The first-order chi connectivity index (χ1) is 14.0. The summed E-state index contributed by atoms with van der Waals surface area (Å²) in [5, 5.41) is 15.4. The molecule has 0 saturated carbocycles. The molecule has 5 aromatic rings. The summed E-state index contributed by atoms with van der Waals surface area (Å²) in [7, 11) is 0. The molecule has 0 bridgehead atoms. The van der Waals surface area contributed by atoms with E-state index in [0.717, 1.165) is 28.0 Å². The summed E-state index contributed by atoms with van der Waals surface area (Å²) < 4.78 is 11.0. The summed E-state index contributed by atoms with van der Waals surface area (Å²) in [6.07, 6.45) is 1.71. The molecule has 4 heterocycles. The number of benzene rings is 1. The van der Waals surface area contributed by atoms with Gasteiger partial charge in [-0.05, 0) is 39.0 Å². The predicted octanol–water partition coefficient (Wildman–Crippen LogP) is 4.54. The Morgan fingerprint density at radius 1 is 1.17 bits per heavy atom. The number of aromatic amines is 1. The fourth-order valence-electron chi connectivity index (χ4n) is 3.56. The molecule has 4 aromatic heterocycles. The number of carbonyl (C=O) groups excluding carboxylic acids is 1. The van der Waals surface area contributed by atoms with E-state index in [1.807, 2.05) is 38.1 Å². The maximum absolute atomic E-state index is 13.3. The van der Waals surface area contributed by atoms with Crippen molar-refractivity contribution in [1.82, 2.24) is 20.3 Å². The van der Waals surface area contributed by atoms with E-state index in [-0.39, 0.29) is 5.91 Å². The van der Waals surface area contributed by atoms with Gasteiger partial charge >= 0.3 is 0 Å². The summed E-state index contributed by atoms with van der Waals surface area (Å²) in [5.74, 6) is 1.20. The standard InChI is InChI=1S/C21H17N5O3/c1-10-7-14(12(3)28-10)17-8-15(18-11(2)26-29-21(18)24-17)20(27)23-16-6-4-5-13-9-22-25-19(13)16/h4-9H,1-3H3,(H,22,25)(H,23,27). The van der Waals surface area contributed by atoms with Crippen molar-refractivity contribution in [1.29, 1.82) is 0 Å². The molecule has 0 fully saturated rings. The van der Waals surface area contributed by atoms with Gasteiger partial charge in [0, 0.05) is 10.9 Å². The highest BCUT2D eigenvalue weighted by molar-refractivity contribution is 6.15. The number of rotatable bonds is 3. The second kappa shape index (κ2) is 6.30. The van der Waals surface area contributed by atoms with Crippen molar-refractivity contribution in [3.8, 4) is 11.3 Å². The molecule has 2 N–H and O–H groups in total. The Hall–Kier alpha value is -3.94. The van der Waals surface area contributed by atoms with Crippen molar-refractivity contribution in [2.45, 2.75) is 20.8 Å². The van der Waals surface area contributed by atoms with E-state index in [4.69, 9.17) is 8.94 Å². The van der Waals surface area contributed by atoms with E-state index in [1.165, 1.54) is 0 Å². The molecule has 0 aliphatic carbocycles. The third kappa shape index (κ3) is 2.77. The number of nitrogens with zero attached hydrogens (tertiary/aromatic N) is 3. The minimum absolute atomic E-state index is 0.287. The quantitative estimate of drug-likeness (QED) is 0.470. The Morgan fingerprint density at radius 3 is 2.83 bits per heavy atom. The first-order valence-electron chi connectivity index (χ1n) is 9.09. The largest absolute Gasteiger partial charge is 0.466 e. The third-order valence-electron chi connectivity index (χ3n) is 4.90. The van der Waals surface area contributed by atoms with E-state index in [1.54, 1.807) is 19.2 Å². The normalized spacial score (nSPS) is 11.4. The highest BCUT2D eigenvalue weighted by Crippen LogP contribution is 2.31. The van der Waals surface area contributed by atoms with Crippen LogP contribution >= 0.6 is 0 Å². The van der Waals surface area contributed by atoms with Crippen LogP contribution in [0.15, 0.2) is 45.5 Å². The van der Waals surface area contributed by atoms with Crippen LogP contribution in [0.2, 0.25) is 0 Å². The lowest BCUT2D eigenvalue weighted by Crippen LogP contribution is -2.13. The SMILES string of the molecule is Cc1cc(-c2cc(C(=O)Nc3cccc4cn[nH]c34)c3c(C)noc3n2)c(C)o1. The van der Waals surface area contributed by atoms with E-state index in [2.05, 4.69) is 25.7 Å². The van der Waals surface area contributed by atoms with Crippen molar-refractivity contribution in [3.63, 3.8) is 0 Å². The molecule has 8 heteroatoms. The average Bonchev–Trinajstić information content (AvgIpc) is 3.40. The van der Waals surface area contributed by atoms with Gasteiger partial charge in [-0.3, -0.25) is 9.89 Å². The van der Waals surface area contributed by atoms with Crippen LogP contribution in [0.3, 0.4) is 0 Å². The molecule has 0 spiro atoms. The highest BCUT2D eigenvalue weighted by atomic mass is 16.5. The molecule has 0 aliphatic heterocycles. The smallest absolute Gasteiger partial charge is 0.259 e. The molecule has 8 nitrogen and oxygen atoms in total. The van der Waals surface area contributed by atoms with Gasteiger partial charge in [-0.2, -0.15) is 5.10 Å². The number of aromatic nitrogens is 4. The monoisotopic (exact) mass is 387 g/mol. The van der Waals surface area contributed by atoms with E-state index in [0.29, 0.717) is 33.7 Å². The van der Waals surface area contributed by atoms with E-state index in [9.17, 15) is 4.79 Å². The van der Waals surface area contributed by atoms with Crippen LogP contribution < -0.4 is 5.32 Å². The van der Waals surface area contributed by atoms with Gasteiger partial charge in [0.15, 0.2) is 0 Å². The topological polar surface area (TPSA) is 110 Å². The fourth-order valence-corrected chi connectivity index (χ4v) is 3.56. The van der Waals surface area contributed by atoms with E-state index < -0.39 is 0 Å². The molecule has 144 valence electrons. The molecule has 1 aromatic carbocycles. The van der Waals surface area contributed by atoms with Gasteiger partial charge < -0.3 is 14.3 Å². The van der Waals surface area contributed by atoms with Crippen LogP contribution in [0.25, 0.3) is 33.3 Å². The van der Waals surface area contributed by atoms with Crippen LogP contribution in [0.5, 0.6) is 0 Å². The average molecular weight is 387 g/mol. The van der Waals surface area contributed by atoms with Crippen molar-refractivity contribution in [3.05, 3.63) is 59.3 Å². The van der Waals surface area contributed by atoms with Gasteiger partial charge in [-0.15, -0.1) is 0 Å². The van der Waals surface area contributed by atoms with Crippen molar-refractivity contribution >= 4 is 33.6 Å². The summed E-state index contributed by atoms with van der Waals surface area (Å²) in [6, 6.07) is 9.24. The zero-order valence-corrected chi connectivity index (χ0v) is 16.0. The number of fused-ring (bicyclic) bond motifs is 2. The number of nitrogens with one attached hydrogen (secondary N) is 2. The maximum atomic E-state index is 13.3. The van der Waals surface area contributed by atoms with Crippen LogP contribution in [0.1, 0.15) is 27.6 Å². The Balaban J connectivity index is 1.65. The van der Waals surface area contributed by atoms with E-state index >= 15 is 0 Å². The Kier molecular flexibility index (Phi) is 3.73. The number of hydrogen-bond donors (Lipinski definition) is 2. The molecule has 0 atom stereocenters. The van der Waals surface area contributed by atoms with Gasteiger partial charge in [0.2, 0.25) is 0 Å². The number of amides is 1. The van der Waals surface area contributed by atoms with Crippen molar-refractivity contribution < 1.29 is 13.7 Å². The maximum Gasteiger partial charge on any atom is 0.259 e. The Morgan fingerprint density at radius 2 is 2.03 bits per heavy atom. The van der Waals surface area contributed by atoms with Crippen LogP contribution in [0.4, 0.5) is 5.69 Å². The first-order valence-corrected chi connectivity index (χ1v) is 9.09. The van der Waals surface area contributed by atoms with Gasteiger partial charge in [0.1, 0.15) is 11.5 Å². The Bertz CT molecular complexity index is 1390. The molecule has 0 aliphatic rings. The Labute approximate surface area is 164 Å². The zero-order valence-electron chi connectivity index (χ0n) is 16.0. The summed E-state index contributed by atoms with van der Waals surface area (Å²) in [4.78, 5) is 17.8. The van der Waals surface area contributed by atoms with Gasteiger partial charge in [0.25, 0.3) is 11.6 Å². The number of H-pyrrole nitrogens is 1. The van der Waals surface area contributed by atoms with Crippen LogP contribution in [-0.2, 0) is 0 Å². The summed E-state index contributed by atoms with van der Waals surface area (Å²) in [5.41, 5.74) is 4.14. The minimum atomic E-state index is -0.287. The molecular formula is C21H17N5O3. The molecule has 5 rings (SSSR count). The zero-order chi connectivity index (χ0) is 20.1. The highest BCUT2D eigenvalue weighted by Gasteiger charge is 2.21. The number of carbonyl (C=O) groups is 1. The molecule has 0 radical (unpaired) electrons. The lowest BCUT2D eigenvalue weighted by Gasteiger charge is -2.09. The number of anilines is 1. The lowest BCUT2D eigenvalue weighted by molar-refractivity contribution is 0.102. The number of para-hydroxylation sites is 1. The summed E-state index contributed by atoms with van der Waals surface area (Å²) >= 11 is 0. The fraction of sp³-hybridized carbons (Fsp3) is 0.143. The van der Waals surface area contributed by atoms with Gasteiger partial charge in [-0.25, -0.2) is 4.98 Å².